The number of nitrogens with zero attached hydrogens (tertiary/aromatic N) is 4. The predicted octanol–water partition coefficient (Wildman–Crippen LogP) is 1.51. The molecule has 0 N–H and O–H groups in total. The minimum atomic E-state index is -1.03. The number of fused-ring (bicyclic) bond motifs is 1. The van der Waals surface area contributed by atoms with Crippen LogP contribution < -0.4 is 4.74 Å². The van der Waals surface area contributed by atoms with Crippen LogP contribution in [0.3, 0.4) is 0 Å². The van der Waals surface area contributed by atoms with Crippen LogP contribution in [0.15, 0.2) is 12.1 Å². The smallest absolute Gasteiger partial charge is 0.311 e. The Morgan fingerprint density at radius 3 is 2.21 bits per heavy atom. The van der Waals surface area contributed by atoms with E-state index in [9.17, 15) is 29.8 Å². The van der Waals surface area contributed by atoms with Gasteiger partial charge in [0.25, 0.3) is 16.9 Å². The van der Waals surface area contributed by atoms with Gasteiger partial charge in [-0.1, -0.05) is 13.8 Å². The van der Waals surface area contributed by atoms with E-state index in [4.69, 9.17) is 4.74 Å². The van der Waals surface area contributed by atoms with E-state index in [1.807, 2.05) is 13.8 Å². The molecule has 0 radical (unpaired) electrons. The van der Waals surface area contributed by atoms with Gasteiger partial charge in [-0.05, 0) is 19.5 Å². The Morgan fingerprint density at radius 2 is 1.66 bits per heavy atom. The van der Waals surface area contributed by atoms with E-state index in [0.717, 1.165) is 30.6 Å². The second-order valence-electron chi connectivity index (χ2n) is 6.17. The molecule has 0 fully saturated rings. The zero-order valence-electron chi connectivity index (χ0n) is 16.2. The summed E-state index contributed by atoms with van der Waals surface area (Å²) in [6.45, 7) is 5.94. The molecular weight excluding hydrogens is 388 g/mol. The van der Waals surface area contributed by atoms with Crippen molar-refractivity contribution in [3.8, 4) is 5.75 Å². The van der Waals surface area contributed by atoms with Gasteiger partial charge in [0.05, 0.1) is 29.2 Å². The van der Waals surface area contributed by atoms with Crippen LogP contribution >= 0.6 is 0 Å². The van der Waals surface area contributed by atoms with Crippen molar-refractivity contribution >= 4 is 17.5 Å². The predicted molar refractivity (Wildman–Crippen MR) is 99.3 cm³/mol. The topological polar surface area (TPSA) is 145 Å². The minimum absolute atomic E-state index is 0.0413. The summed E-state index contributed by atoms with van der Waals surface area (Å²) in [5.74, 6) is -1.58. The average Bonchev–Trinajstić information content (AvgIpc) is 2.91. The number of ether oxygens (including phenoxy) is 1. The molecule has 12 heteroatoms. The fourth-order valence-corrected chi connectivity index (χ4v) is 2.98. The Morgan fingerprint density at radius 1 is 1.03 bits per heavy atom. The lowest BCUT2D eigenvalue weighted by atomic mass is 10.1. The van der Waals surface area contributed by atoms with Gasteiger partial charge in [0.15, 0.2) is 5.75 Å². The van der Waals surface area contributed by atoms with E-state index in [2.05, 4.69) is 9.74 Å². The molecule has 1 aromatic carbocycles. The first-order valence-corrected chi connectivity index (χ1v) is 9.11. The third-order valence-electron chi connectivity index (χ3n) is 4.53. The minimum Gasteiger partial charge on any atom is -0.487 e. The average molecular weight is 410 g/mol. The van der Waals surface area contributed by atoms with Crippen LogP contribution in [0.1, 0.15) is 41.0 Å². The zero-order chi connectivity index (χ0) is 21.6. The molecule has 1 aliphatic heterocycles. The highest BCUT2D eigenvalue weighted by Gasteiger charge is 2.38. The number of imide groups is 1. The number of hydrogen-bond acceptors (Lipinski definition) is 9. The van der Waals surface area contributed by atoms with Crippen LogP contribution in [0.25, 0.3) is 0 Å². The maximum absolute atomic E-state index is 12.5. The standard InChI is InChI=1S/C17H22N4O8/c1-3-18(4-2)6-5-8-28-15-11-13-12(10-14(15)20(24)25)16(22)19(17(13)23)7-9-29-21(26)27/h10-11H,3-9H2,1-2H3. The highest BCUT2D eigenvalue weighted by molar-refractivity contribution is 6.21. The van der Waals surface area contributed by atoms with Gasteiger partial charge in [-0.3, -0.25) is 24.6 Å². The number of benzene rings is 1. The lowest BCUT2D eigenvalue weighted by molar-refractivity contribution is -0.757. The molecule has 0 unspecified atom stereocenters. The Balaban J connectivity index is 2.15. The number of carbonyl (C=O) groups excluding carboxylic acids is 2. The van der Waals surface area contributed by atoms with E-state index in [-0.39, 0.29) is 30.0 Å². The third-order valence-corrected chi connectivity index (χ3v) is 4.53. The highest BCUT2D eigenvalue weighted by atomic mass is 16.9. The van der Waals surface area contributed by atoms with E-state index in [1.54, 1.807) is 0 Å². The quantitative estimate of drug-likeness (QED) is 0.216. The van der Waals surface area contributed by atoms with Crippen molar-refractivity contribution in [2.24, 2.45) is 0 Å². The van der Waals surface area contributed by atoms with Crippen molar-refractivity contribution in [3.63, 3.8) is 0 Å². The second kappa shape index (κ2) is 9.78. The van der Waals surface area contributed by atoms with Gasteiger partial charge < -0.3 is 14.5 Å². The van der Waals surface area contributed by atoms with Crippen LogP contribution in [0.4, 0.5) is 5.69 Å². The molecule has 0 bridgehead atoms. The van der Waals surface area contributed by atoms with Crippen LogP contribution in [0.2, 0.25) is 0 Å². The molecule has 29 heavy (non-hydrogen) atoms. The molecule has 2 rings (SSSR count). The molecule has 0 aromatic heterocycles. The summed E-state index contributed by atoms with van der Waals surface area (Å²) >= 11 is 0. The van der Waals surface area contributed by atoms with E-state index in [0.29, 0.717) is 6.42 Å². The first kappa shape index (κ1) is 22.0. The Bertz CT molecular complexity index is 809. The summed E-state index contributed by atoms with van der Waals surface area (Å²) in [6, 6.07) is 2.18. The van der Waals surface area contributed by atoms with Gasteiger partial charge in [-0.25, -0.2) is 0 Å². The van der Waals surface area contributed by atoms with Crippen molar-refractivity contribution < 1.29 is 29.2 Å². The Kier molecular flexibility index (Phi) is 7.42. The first-order chi connectivity index (χ1) is 13.8. The van der Waals surface area contributed by atoms with Gasteiger partial charge >= 0.3 is 5.69 Å². The summed E-state index contributed by atoms with van der Waals surface area (Å²) in [5, 5.41) is 20.6. The maximum atomic E-state index is 12.5. The number of hydrogen-bond donors (Lipinski definition) is 0. The van der Waals surface area contributed by atoms with Crippen LogP contribution in [0, 0.1) is 20.2 Å². The number of carbonyl (C=O) groups is 2. The van der Waals surface area contributed by atoms with E-state index >= 15 is 0 Å². The molecule has 0 spiro atoms. The van der Waals surface area contributed by atoms with Crippen molar-refractivity contribution in [3.05, 3.63) is 43.5 Å². The second-order valence-corrected chi connectivity index (χ2v) is 6.17. The molecule has 1 aromatic rings. The van der Waals surface area contributed by atoms with E-state index < -0.39 is 34.1 Å². The normalized spacial score (nSPS) is 13.0. The zero-order valence-corrected chi connectivity index (χ0v) is 16.2. The number of nitro groups is 1. The van der Waals surface area contributed by atoms with Crippen LogP contribution in [0.5, 0.6) is 5.75 Å². The summed E-state index contributed by atoms with van der Waals surface area (Å²) < 4.78 is 5.53. The van der Waals surface area contributed by atoms with E-state index in [1.165, 1.54) is 6.07 Å². The molecule has 0 saturated heterocycles. The summed E-state index contributed by atoms with van der Waals surface area (Å²) in [6.07, 6.45) is 0.632. The van der Waals surface area contributed by atoms with Gasteiger partial charge in [0, 0.05) is 18.7 Å². The number of rotatable bonds is 12. The molecule has 2 amide bonds. The fourth-order valence-electron chi connectivity index (χ4n) is 2.98. The molecule has 0 atom stereocenters. The summed E-state index contributed by atoms with van der Waals surface area (Å²) in [4.78, 5) is 52.8. The van der Waals surface area contributed by atoms with Crippen molar-refractivity contribution in [1.82, 2.24) is 9.80 Å². The molecule has 1 aliphatic rings. The highest BCUT2D eigenvalue weighted by Crippen LogP contribution is 2.35. The molecule has 1 heterocycles. The van der Waals surface area contributed by atoms with Gasteiger partial charge in [0.2, 0.25) is 0 Å². The van der Waals surface area contributed by atoms with Gasteiger partial charge in [0.1, 0.15) is 6.61 Å². The van der Waals surface area contributed by atoms with Crippen molar-refractivity contribution in [1.29, 1.82) is 0 Å². The largest absolute Gasteiger partial charge is 0.487 e. The van der Waals surface area contributed by atoms with Gasteiger partial charge in [-0.15, -0.1) is 10.1 Å². The molecule has 12 nitrogen and oxygen atoms in total. The molecule has 158 valence electrons. The summed E-state index contributed by atoms with van der Waals surface area (Å²) in [5.41, 5.74) is -0.602. The number of amides is 2. The fraction of sp³-hybridized carbons (Fsp3) is 0.529. The first-order valence-electron chi connectivity index (χ1n) is 9.11. The van der Waals surface area contributed by atoms with Crippen LogP contribution in [-0.4, -0.2) is 71.0 Å². The Hall–Kier alpha value is -3.28. The number of nitro benzene ring substituents is 1. The van der Waals surface area contributed by atoms with Crippen molar-refractivity contribution in [2.75, 3.05) is 39.4 Å². The monoisotopic (exact) mass is 410 g/mol. The molecule has 0 aliphatic carbocycles. The molecular formula is C17H22N4O8. The van der Waals surface area contributed by atoms with Crippen LogP contribution in [-0.2, 0) is 4.84 Å². The Labute approximate surface area is 166 Å². The van der Waals surface area contributed by atoms with Crippen molar-refractivity contribution in [2.45, 2.75) is 20.3 Å². The third kappa shape index (κ3) is 5.16. The summed E-state index contributed by atoms with van der Waals surface area (Å²) in [7, 11) is 0. The lowest BCUT2D eigenvalue weighted by Crippen LogP contribution is -2.33. The maximum Gasteiger partial charge on any atom is 0.311 e. The van der Waals surface area contributed by atoms with Gasteiger partial charge in [-0.2, -0.15) is 0 Å². The SMILES string of the molecule is CCN(CC)CCCOc1cc2c(cc1[N+](=O)[O-])C(=O)N(CCO[N+](=O)[O-])C2=O. The molecule has 0 saturated carbocycles. The lowest BCUT2D eigenvalue weighted by Gasteiger charge is -2.17.